The molecule has 0 spiro atoms. The quantitative estimate of drug-likeness (QED) is 0.354. The number of thiazole rings is 1. The number of aryl methyl sites for hydroxylation is 3. The summed E-state index contributed by atoms with van der Waals surface area (Å²) < 4.78 is 0. The molecule has 0 fully saturated rings. The number of aliphatic imine (C=N–C) groups is 1. The van der Waals surface area contributed by atoms with Crippen LogP contribution in [0.5, 0.6) is 0 Å². The number of benzene rings is 1. The van der Waals surface area contributed by atoms with Crippen LogP contribution in [-0.4, -0.2) is 37.6 Å². The number of aromatic nitrogens is 1. The van der Waals surface area contributed by atoms with Gasteiger partial charge in [-0.05, 0) is 45.4 Å². The van der Waals surface area contributed by atoms with Crippen molar-refractivity contribution in [2.75, 3.05) is 31.6 Å². The van der Waals surface area contributed by atoms with E-state index in [1.54, 1.807) is 18.4 Å². The summed E-state index contributed by atoms with van der Waals surface area (Å²) >= 11 is 1.73. The van der Waals surface area contributed by atoms with Gasteiger partial charge in [0.1, 0.15) is 0 Å². The fourth-order valence-electron chi connectivity index (χ4n) is 2.73. The summed E-state index contributed by atoms with van der Waals surface area (Å²) in [6.07, 6.45) is 0. The molecule has 26 heavy (non-hydrogen) atoms. The van der Waals surface area contributed by atoms with E-state index in [2.05, 4.69) is 70.5 Å². The SMILES string of the molecule is CCN(CCNC(=NC)NCc1sc(C)nc1C)c1cccc(C)c1.I. The first-order valence-corrected chi connectivity index (χ1v) is 9.54. The van der Waals surface area contributed by atoms with Crippen molar-refractivity contribution in [1.82, 2.24) is 15.6 Å². The summed E-state index contributed by atoms with van der Waals surface area (Å²) in [5.41, 5.74) is 3.65. The van der Waals surface area contributed by atoms with Gasteiger partial charge in [0.2, 0.25) is 0 Å². The Morgan fingerprint density at radius 2 is 2.00 bits per heavy atom. The van der Waals surface area contributed by atoms with Crippen molar-refractivity contribution < 1.29 is 0 Å². The Hall–Kier alpha value is -1.35. The minimum Gasteiger partial charge on any atom is -0.370 e. The number of anilines is 1. The van der Waals surface area contributed by atoms with Gasteiger partial charge < -0.3 is 15.5 Å². The molecule has 0 bridgehead atoms. The summed E-state index contributed by atoms with van der Waals surface area (Å²) in [4.78, 5) is 12.4. The number of rotatable bonds is 7. The molecule has 0 atom stereocenters. The fraction of sp³-hybridized carbons (Fsp3) is 0.474. The molecule has 0 radical (unpaired) electrons. The van der Waals surface area contributed by atoms with Crippen LogP contribution in [0.15, 0.2) is 29.3 Å². The number of nitrogens with one attached hydrogen (secondary N) is 2. The highest BCUT2D eigenvalue weighted by Gasteiger charge is 2.07. The maximum Gasteiger partial charge on any atom is 0.191 e. The standard InChI is InChI=1S/C19H29N5S.HI/c1-6-24(17-9-7-8-14(2)12-17)11-10-21-19(20-5)22-13-18-15(3)23-16(4)25-18;/h7-9,12H,6,10-11,13H2,1-5H3,(H2,20,21,22);1H. The van der Waals surface area contributed by atoms with Crippen LogP contribution in [0, 0.1) is 20.8 Å². The first-order chi connectivity index (χ1) is 12.0. The molecular formula is C19H30IN5S. The lowest BCUT2D eigenvalue weighted by Crippen LogP contribution is -2.41. The second-order valence-electron chi connectivity index (χ2n) is 6.01. The van der Waals surface area contributed by atoms with Crippen LogP contribution in [0.1, 0.15) is 28.1 Å². The maximum absolute atomic E-state index is 4.46. The molecule has 0 aliphatic heterocycles. The number of hydrogen-bond donors (Lipinski definition) is 2. The van der Waals surface area contributed by atoms with Crippen LogP contribution in [-0.2, 0) is 6.54 Å². The molecule has 5 nitrogen and oxygen atoms in total. The van der Waals surface area contributed by atoms with E-state index < -0.39 is 0 Å². The van der Waals surface area contributed by atoms with Gasteiger partial charge in [0.25, 0.3) is 0 Å². The summed E-state index contributed by atoms with van der Waals surface area (Å²) in [5.74, 6) is 0.825. The van der Waals surface area contributed by atoms with Crippen LogP contribution < -0.4 is 15.5 Å². The molecule has 0 saturated carbocycles. The van der Waals surface area contributed by atoms with Crippen LogP contribution in [0.2, 0.25) is 0 Å². The largest absolute Gasteiger partial charge is 0.370 e. The van der Waals surface area contributed by atoms with Crippen LogP contribution in [0.3, 0.4) is 0 Å². The van der Waals surface area contributed by atoms with E-state index >= 15 is 0 Å². The van der Waals surface area contributed by atoms with E-state index in [-0.39, 0.29) is 24.0 Å². The highest BCUT2D eigenvalue weighted by atomic mass is 127. The number of nitrogens with zero attached hydrogens (tertiary/aromatic N) is 3. The Labute approximate surface area is 178 Å². The molecule has 0 unspecified atom stereocenters. The molecule has 2 aromatic rings. The van der Waals surface area contributed by atoms with Crippen molar-refractivity contribution in [3.05, 3.63) is 45.4 Å². The van der Waals surface area contributed by atoms with Crippen molar-refractivity contribution in [2.45, 2.75) is 34.2 Å². The lowest BCUT2D eigenvalue weighted by molar-refractivity contribution is 0.750. The topological polar surface area (TPSA) is 52.5 Å². The molecule has 1 heterocycles. The minimum absolute atomic E-state index is 0. The van der Waals surface area contributed by atoms with E-state index in [1.165, 1.54) is 16.1 Å². The Morgan fingerprint density at radius 1 is 1.23 bits per heavy atom. The second kappa shape index (κ2) is 11.4. The Bertz CT molecular complexity index is 714. The molecule has 2 N–H and O–H groups in total. The van der Waals surface area contributed by atoms with E-state index in [1.807, 2.05) is 6.92 Å². The molecule has 1 aromatic heterocycles. The smallest absolute Gasteiger partial charge is 0.191 e. The van der Waals surface area contributed by atoms with Crippen LogP contribution >= 0.6 is 35.3 Å². The van der Waals surface area contributed by atoms with Gasteiger partial charge in [-0.3, -0.25) is 4.99 Å². The average molecular weight is 487 g/mol. The van der Waals surface area contributed by atoms with Gasteiger partial charge in [0.15, 0.2) is 5.96 Å². The monoisotopic (exact) mass is 487 g/mol. The predicted molar refractivity (Wildman–Crippen MR) is 124 cm³/mol. The van der Waals surface area contributed by atoms with E-state index in [9.17, 15) is 0 Å². The molecule has 2 rings (SSSR count). The number of guanidine groups is 1. The lowest BCUT2D eigenvalue weighted by atomic mass is 10.2. The van der Waals surface area contributed by atoms with Gasteiger partial charge in [-0.1, -0.05) is 12.1 Å². The maximum atomic E-state index is 4.46. The van der Waals surface area contributed by atoms with Crippen molar-refractivity contribution in [2.24, 2.45) is 4.99 Å². The average Bonchev–Trinajstić information content (AvgIpc) is 2.92. The summed E-state index contributed by atoms with van der Waals surface area (Å²) in [5, 5.41) is 7.87. The molecule has 0 aliphatic rings. The number of hydrogen-bond acceptors (Lipinski definition) is 4. The van der Waals surface area contributed by atoms with Gasteiger partial charge in [0, 0.05) is 37.2 Å². The first-order valence-electron chi connectivity index (χ1n) is 8.72. The molecule has 144 valence electrons. The Kier molecular flexibility index (Phi) is 9.93. The lowest BCUT2D eigenvalue weighted by Gasteiger charge is -2.24. The summed E-state index contributed by atoms with van der Waals surface area (Å²) in [7, 11) is 1.80. The Morgan fingerprint density at radius 3 is 2.58 bits per heavy atom. The van der Waals surface area contributed by atoms with Gasteiger partial charge in [-0.15, -0.1) is 35.3 Å². The normalized spacial score (nSPS) is 11.0. The van der Waals surface area contributed by atoms with E-state index in [0.717, 1.165) is 42.8 Å². The van der Waals surface area contributed by atoms with E-state index in [0.29, 0.717) is 0 Å². The van der Waals surface area contributed by atoms with Gasteiger partial charge in [-0.25, -0.2) is 4.98 Å². The number of likely N-dealkylation sites (N-methyl/N-ethyl adjacent to an activating group) is 1. The molecule has 0 amide bonds. The molecule has 7 heteroatoms. The third-order valence-electron chi connectivity index (χ3n) is 4.06. The van der Waals surface area contributed by atoms with E-state index in [4.69, 9.17) is 0 Å². The number of halogens is 1. The third-order valence-corrected chi connectivity index (χ3v) is 5.14. The zero-order valence-electron chi connectivity index (χ0n) is 16.3. The van der Waals surface area contributed by atoms with Gasteiger partial charge >= 0.3 is 0 Å². The Balaban J connectivity index is 0.00000338. The highest BCUT2D eigenvalue weighted by Crippen LogP contribution is 2.16. The third kappa shape index (κ3) is 6.75. The zero-order chi connectivity index (χ0) is 18.2. The van der Waals surface area contributed by atoms with Gasteiger partial charge in [-0.2, -0.15) is 0 Å². The summed E-state index contributed by atoms with van der Waals surface area (Å²) in [6, 6.07) is 8.63. The van der Waals surface area contributed by atoms with Crippen molar-refractivity contribution in [3.63, 3.8) is 0 Å². The predicted octanol–water partition coefficient (Wildman–Crippen LogP) is 3.88. The highest BCUT2D eigenvalue weighted by molar-refractivity contribution is 14.0. The van der Waals surface area contributed by atoms with Crippen molar-refractivity contribution in [1.29, 1.82) is 0 Å². The van der Waals surface area contributed by atoms with Crippen LogP contribution in [0.4, 0.5) is 5.69 Å². The fourth-order valence-corrected chi connectivity index (χ4v) is 3.60. The van der Waals surface area contributed by atoms with Gasteiger partial charge in [0.05, 0.1) is 17.2 Å². The molecule has 0 aliphatic carbocycles. The molecular weight excluding hydrogens is 457 g/mol. The zero-order valence-corrected chi connectivity index (χ0v) is 19.4. The second-order valence-corrected chi connectivity index (χ2v) is 7.30. The first kappa shape index (κ1) is 22.7. The van der Waals surface area contributed by atoms with Crippen molar-refractivity contribution in [3.8, 4) is 0 Å². The van der Waals surface area contributed by atoms with Crippen LogP contribution in [0.25, 0.3) is 0 Å². The van der Waals surface area contributed by atoms with Crippen molar-refractivity contribution >= 4 is 47.0 Å². The molecule has 1 aromatic carbocycles. The molecule has 0 saturated heterocycles. The minimum atomic E-state index is 0. The summed E-state index contributed by atoms with van der Waals surface area (Å²) in [6.45, 7) is 11.9.